The van der Waals surface area contributed by atoms with Crippen molar-refractivity contribution in [2.75, 3.05) is 13.1 Å². The third kappa shape index (κ3) is 2.66. The van der Waals surface area contributed by atoms with Gasteiger partial charge in [-0.3, -0.25) is 4.79 Å². The molecule has 1 fully saturated rings. The Morgan fingerprint density at radius 3 is 2.56 bits per heavy atom. The maximum atomic E-state index is 12.2. The summed E-state index contributed by atoms with van der Waals surface area (Å²) in [7, 11) is 0. The number of amides is 1. The molecule has 0 aliphatic carbocycles. The molecule has 2 rings (SSSR count). The van der Waals surface area contributed by atoms with Crippen molar-refractivity contribution >= 4 is 33.2 Å². The van der Waals surface area contributed by atoms with E-state index in [4.69, 9.17) is 0 Å². The Kier molecular flexibility index (Phi) is 3.70. The van der Waals surface area contributed by atoms with Gasteiger partial charge in [-0.2, -0.15) is 0 Å². The lowest BCUT2D eigenvalue weighted by atomic mass is 9.91. The normalized spacial score (nSPS) is 25.8. The van der Waals surface area contributed by atoms with Gasteiger partial charge in [0.1, 0.15) is 0 Å². The highest BCUT2D eigenvalue weighted by atomic mass is 79.9. The lowest BCUT2D eigenvalue weighted by molar-refractivity contribution is 0.0623. The number of piperidine rings is 1. The Balaban J connectivity index is 2.09. The van der Waals surface area contributed by atoms with Gasteiger partial charge < -0.3 is 4.90 Å². The first-order valence-corrected chi connectivity index (χ1v) is 7.27. The van der Waals surface area contributed by atoms with Crippen LogP contribution in [0.1, 0.15) is 30.6 Å². The maximum Gasteiger partial charge on any atom is 0.254 e. The molecule has 88 valence electrons. The molecule has 2 nitrogen and oxygen atoms in total. The van der Waals surface area contributed by atoms with Gasteiger partial charge in [-0.15, -0.1) is 11.3 Å². The van der Waals surface area contributed by atoms with Crippen molar-refractivity contribution in [2.45, 2.75) is 20.3 Å². The number of carbonyl (C=O) groups is 1. The topological polar surface area (TPSA) is 20.3 Å². The van der Waals surface area contributed by atoms with Gasteiger partial charge in [0.25, 0.3) is 5.91 Å². The number of nitrogens with zero attached hydrogens (tertiary/aromatic N) is 1. The fraction of sp³-hybridized carbons (Fsp3) is 0.583. The number of likely N-dealkylation sites (tertiary alicyclic amines) is 1. The molecule has 16 heavy (non-hydrogen) atoms. The summed E-state index contributed by atoms with van der Waals surface area (Å²) < 4.78 is 1.02. The minimum atomic E-state index is 0.181. The predicted molar refractivity (Wildman–Crippen MR) is 70.9 cm³/mol. The van der Waals surface area contributed by atoms with Crippen LogP contribution in [0, 0.1) is 11.8 Å². The second-order valence-corrected chi connectivity index (χ2v) is 7.09. The summed E-state index contributed by atoms with van der Waals surface area (Å²) in [5.41, 5.74) is 0.818. The molecule has 0 N–H and O–H groups in total. The van der Waals surface area contributed by atoms with Crippen LogP contribution in [0.2, 0.25) is 0 Å². The summed E-state index contributed by atoms with van der Waals surface area (Å²) >= 11 is 4.96. The molecular weight excluding hydrogens is 286 g/mol. The van der Waals surface area contributed by atoms with Gasteiger partial charge in [0, 0.05) is 18.5 Å². The molecule has 0 saturated carbocycles. The van der Waals surface area contributed by atoms with Crippen molar-refractivity contribution in [3.63, 3.8) is 0 Å². The van der Waals surface area contributed by atoms with Gasteiger partial charge in [0.15, 0.2) is 0 Å². The molecule has 2 atom stereocenters. The van der Waals surface area contributed by atoms with Gasteiger partial charge in [0.2, 0.25) is 0 Å². The van der Waals surface area contributed by atoms with Crippen molar-refractivity contribution in [3.8, 4) is 0 Å². The van der Waals surface area contributed by atoms with Crippen molar-refractivity contribution in [3.05, 3.63) is 20.8 Å². The second kappa shape index (κ2) is 4.88. The first-order valence-electron chi connectivity index (χ1n) is 5.59. The third-order valence-electron chi connectivity index (χ3n) is 2.97. The number of hydrogen-bond donors (Lipinski definition) is 0. The number of rotatable bonds is 1. The predicted octanol–water partition coefficient (Wildman–Crippen LogP) is 3.63. The molecule has 0 spiro atoms. The number of carbonyl (C=O) groups excluding carboxylic acids is 1. The highest BCUT2D eigenvalue weighted by Crippen LogP contribution is 2.25. The minimum Gasteiger partial charge on any atom is -0.338 e. The highest BCUT2D eigenvalue weighted by molar-refractivity contribution is 9.11. The first-order chi connectivity index (χ1) is 7.56. The molecule has 1 aromatic heterocycles. The van der Waals surface area contributed by atoms with E-state index in [0.29, 0.717) is 11.8 Å². The Bertz CT molecular complexity index is 380. The molecule has 1 amide bonds. The van der Waals surface area contributed by atoms with Crippen LogP contribution in [0.15, 0.2) is 15.2 Å². The van der Waals surface area contributed by atoms with E-state index in [1.165, 1.54) is 6.42 Å². The summed E-state index contributed by atoms with van der Waals surface area (Å²) in [4.78, 5) is 14.2. The minimum absolute atomic E-state index is 0.181. The first kappa shape index (κ1) is 12.1. The highest BCUT2D eigenvalue weighted by Gasteiger charge is 2.26. The molecule has 1 aliphatic heterocycles. The van der Waals surface area contributed by atoms with Crippen LogP contribution >= 0.6 is 27.3 Å². The second-order valence-electron chi connectivity index (χ2n) is 4.80. The molecule has 2 unspecified atom stereocenters. The van der Waals surface area contributed by atoms with Gasteiger partial charge in [0.05, 0.1) is 9.35 Å². The fourth-order valence-electron chi connectivity index (χ4n) is 2.43. The molecule has 1 aliphatic rings. The Labute approximate surface area is 109 Å². The van der Waals surface area contributed by atoms with E-state index in [2.05, 4.69) is 29.8 Å². The summed E-state index contributed by atoms with van der Waals surface area (Å²) in [5, 5.41) is 1.93. The van der Waals surface area contributed by atoms with E-state index in [1.54, 1.807) is 11.3 Å². The quantitative estimate of drug-likeness (QED) is 0.776. The van der Waals surface area contributed by atoms with Crippen LogP contribution in [0.4, 0.5) is 0 Å². The molecule has 2 heterocycles. The molecule has 0 radical (unpaired) electrons. The summed E-state index contributed by atoms with van der Waals surface area (Å²) in [6.45, 7) is 6.24. The van der Waals surface area contributed by atoms with Crippen LogP contribution in [0.25, 0.3) is 0 Å². The van der Waals surface area contributed by atoms with E-state index >= 15 is 0 Å². The number of thiophene rings is 1. The maximum absolute atomic E-state index is 12.2. The zero-order valence-electron chi connectivity index (χ0n) is 9.57. The smallest absolute Gasteiger partial charge is 0.254 e. The van der Waals surface area contributed by atoms with Gasteiger partial charge in [-0.1, -0.05) is 13.8 Å². The Hall–Kier alpha value is -0.350. The third-order valence-corrected chi connectivity index (χ3v) is 4.47. The van der Waals surface area contributed by atoms with Crippen LogP contribution in [-0.4, -0.2) is 23.9 Å². The number of halogens is 1. The molecule has 0 bridgehead atoms. The molecule has 0 aromatic carbocycles. The van der Waals surface area contributed by atoms with Crippen molar-refractivity contribution in [1.29, 1.82) is 0 Å². The fourth-order valence-corrected chi connectivity index (χ4v) is 3.56. The van der Waals surface area contributed by atoms with Crippen molar-refractivity contribution < 1.29 is 4.79 Å². The molecular formula is C12H16BrNOS. The van der Waals surface area contributed by atoms with Crippen LogP contribution in [0.5, 0.6) is 0 Å². The van der Waals surface area contributed by atoms with E-state index in [0.717, 1.165) is 22.4 Å². The molecule has 1 saturated heterocycles. The average molecular weight is 302 g/mol. The van der Waals surface area contributed by atoms with E-state index in [-0.39, 0.29) is 5.91 Å². The number of hydrogen-bond acceptors (Lipinski definition) is 2. The lowest BCUT2D eigenvalue weighted by Crippen LogP contribution is -2.42. The summed E-state index contributed by atoms with van der Waals surface area (Å²) in [5.74, 6) is 1.42. The Morgan fingerprint density at radius 2 is 2.06 bits per heavy atom. The van der Waals surface area contributed by atoms with Gasteiger partial charge >= 0.3 is 0 Å². The van der Waals surface area contributed by atoms with Gasteiger partial charge in [-0.25, -0.2) is 0 Å². The van der Waals surface area contributed by atoms with Crippen LogP contribution in [-0.2, 0) is 0 Å². The molecule has 4 heteroatoms. The SMILES string of the molecule is CC1CC(C)CN(C(=O)c2csc(Br)c2)C1. The zero-order valence-corrected chi connectivity index (χ0v) is 12.0. The van der Waals surface area contributed by atoms with Crippen molar-refractivity contribution in [2.24, 2.45) is 11.8 Å². The Morgan fingerprint density at radius 1 is 1.44 bits per heavy atom. The van der Waals surface area contributed by atoms with Crippen molar-refractivity contribution in [1.82, 2.24) is 4.90 Å². The summed E-state index contributed by atoms with van der Waals surface area (Å²) in [6, 6.07) is 1.91. The van der Waals surface area contributed by atoms with E-state index in [9.17, 15) is 4.79 Å². The van der Waals surface area contributed by atoms with E-state index in [1.807, 2.05) is 16.3 Å². The average Bonchev–Trinajstić information content (AvgIpc) is 2.62. The standard InChI is InChI=1S/C12H16BrNOS/c1-8-3-9(2)6-14(5-8)12(15)10-4-11(13)16-7-10/h4,7-9H,3,5-6H2,1-2H3. The largest absolute Gasteiger partial charge is 0.338 e. The lowest BCUT2D eigenvalue weighted by Gasteiger charge is -2.34. The van der Waals surface area contributed by atoms with Crippen LogP contribution in [0.3, 0.4) is 0 Å². The summed E-state index contributed by atoms with van der Waals surface area (Å²) in [6.07, 6.45) is 1.23. The zero-order chi connectivity index (χ0) is 11.7. The van der Waals surface area contributed by atoms with Crippen LogP contribution < -0.4 is 0 Å². The van der Waals surface area contributed by atoms with E-state index < -0.39 is 0 Å². The molecule has 1 aromatic rings. The monoisotopic (exact) mass is 301 g/mol. The van der Waals surface area contributed by atoms with Gasteiger partial charge in [-0.05, 0) is 40.3 Å².